The highest BCUT2D eigenvalue weighted by Crippen LogP contribution is 2.54. The van der Waals surface area contributed by atoms with Crippen molar-refractivity contribution in [2.24, 2.45) is 0 Å². The maximum Gasteiger partial charge on any atom is 0.0165 e. The first-order chi connectivity index (χ1) is 20.1. The Kier molecular flexibility index (Phi) is 4.49. The first-order valence-electron chi connectivity index (χ1n) is 14.5. The van der Waals surface area contributed by atoms with E-state index >= 15 is 0 Å². The largest absolute Gasteiger partial charge is 0.0619 e. The van der Waals surface area contributed by atoms with Crippen LogP contribution in [0.5, 0.6) is 0 Å². The maximum atomic E-state index is 2.43. The Bertz CT molecular complexity index is 2350. The first-order valence-corrected chi connectivity index (χ1v) is 14.5. The molecule has 0 aromatic heterocycles. The smallest absolute Gasteiger partial charge is 0.0165 e. The van der Waals surface area contributed by atoms with Crippen molar-refractivity contribution in [1.29, 1.82) is 0 Å². The van der Waals surface area contributed by atoms with Gasteiger partial charge in [-0.25, -0.2) is 0 Å². The molecule has 0 amide bonds. The molecule has 0 saturated heterocycles. The second-order valence-corrected chi connectivity index (χ2v) is 12.1. The van der Waals surface area contributed by atoms with Gasteiger partial charge < -0.3 is 0 Å². The summed E-state index contributed by atoms with van der Waals surface area (Å²) in [4.78, 5) is 0. The lowest BCUT2D eigenvalue weighted by atomic mass is 9.79. The highest BCUT2D eigenvalue weighted by atomic mass is 14.4. The van der Waals surface area contributed by atoms with Gasteiger partial charge >= 0.3 is 0 Å². The van der Waals surface area contributed by atoms with Gasteiger partial charge in [0.2, 0.25) is 0 Å². The summed E-state index contributed by atoms with van der Waals surface area (Å²) in [6.07, 6.45) is 0. The third-order valence-corrected chi connectivity index (χ3v) is 9.60. The van der Waals surface area contributed by atoms with Crippen LogP contribution in [0.1, 0.15) is 25.0 Å². The SMILES string of the molecule is CC1(C)c2ccccc2-c2c1c1ccc(-c3ccc4c5ccccc5c5ccccc5c4c3)cc1c1ccccc21. The standard InChI is InChI=1S/C41H28/c1-41(2)38-18-10-9-17-35(38)39-33-16-8-7-15-31(33)37-24-26(20-22-34(37)40(39)41)25-19-21-32-29-13-4-3-11-27(29)28-12-5-6-14-30(28)36(32)23-25/h3-24H,1-2H3. The van der Waals surface area contributed by atoms with Crippen LogP contribution in [0.3, 0.4) is 0 Å². The van der Waals surface area contributed by atoms with Crippen molar-refractivity contribution in [1.82, 2.24) is 0 Å². The molecule has 8 aromatic carbocycles. The van der Waals surface area contributed by atoms with Gasteiger partial charge in [-0.15, -0.1) is 0 Å². The molecule has 0 aliphatic heterocycles. The predicted octanol–water partition coefficient (Wildman–Crippen LogP) is 11.4. The van der Waals surface area contributed by atoms with Gasteiger partial charge in [0.05, 0.1) is 0 Å². The summed E-state index contributed by atoms with van der Waals surface area (Å²) in [5, 5.41) is 13.3. The van der Waals surface area contributed by atoms with Gasteiger partial charge in [0.1, 0.15) is 0 Å². The minimum absolute atomic E-state index is 0.0569. The number of hydrogen-bond acceptors (Lipinski definition) is 0. The van der Waals surface area contributed by atoms with Gasteiger partial charge in [-0.05, 0) is 99.4 Å². The Morgan fingerprint density at radius 3 is 1.39 bits per heavy atom. The molecule has 0 fully saturated rings. The molecule has 8 aromatic rings. The molecule has 1 aliphatic carbocycles. The first kappa shape index (κ1) is 22.8. The van der Waals surface area contributed by atoms with E-state index in [-0.39, 0.29) is 5.41 Å². The number of rotatable bonds is 1. The quantitative estimate of drug-likeness (QED) is 0.189. The van der Waals surface area contributed by atoms with E-state index in [0.717, 1.165) is 0 Å². The van der Waals surface area contributed by atoms with Crippen LogP contribution in [-0.2, 0) is 5.41 Å². The van der Waals surface area contributed by atoms with Crippen molar-refractivity contribution >= 4 is 53.9 Å². The van der Waals surface area contributed by atoms with Gasteiger partial charge in [-0.3, -0.25) is 0 Å². The molecule has 0 radical (unpaired) electrons. The Hall–Kier alpha value is -4.94. The van der Waals surface area contributed by atoms with Crippen LogP contribution in [0.2, 0.25) is 0 Å². The second kappa shape index (κ2) is 8.05. The van der Waals surface area contributed by atoms with E-state index in [1.165, 1.54) is 87.2 Å². The molecule has 0 atom stereocenters. The zero-order valence-electron chi connectivity index (χ0n) is 23.2. The summed E-state index contributed by atoms with van der Waals surface area (Å²) >= 11 is 0. The molecule has 0 heterocycles. The van der Waals surface area contributed by atoms with Crippen LogP contribution < -0.4 is 0 Å². The molecule has 9 rings (SSSR count). The summed E-state index contributed by atoms with van der Waals surface area (Å²) in [7, 11) is 0. The molecule has 0 N–H and O–H groups in total. The lowest BCUT2D eigenvalue weighted by Crippen LogP contribution is -2.15. The van der Waals surface area contributed by atoms with Crippen molar-refractivity contribution in [3.63, 3.8) is 0 Å². The fourth-order valence-electron chi connectivity index (χ4n) is 7.77. The molecule has 0 bridgehead atoms. The topological polar surface area (TPSA) is 0 Å². The Balaban J connectivity index is 1.35. The van der Waals surface area contributed by atoms with Crippen molar-refractivity contribution in [3.05, 3.63) is 145 Å². The molecule has 192 valence electrons. The minimum Gasteiger partial charge on any atom is -0.0619 e. The van der Waals surface area contributed by atoms with Crippen molar-refractivity contribution in [3.8, 4) is 22.3 Å². The van der Waals surface area contributed by atoms with E-state index in [4.69, 9.17) is 0 Å². The van der Waals surface area contributed by atoms with E-state index in [0.29, 0.717) is 0 Å². The number of hydrogen-bond donors (Lipinski definition) is 0. The highest BCUT2D eigenvalue weighted by Gasteiger charge is 2.38. The van der Waals surface area contributed by atoms with Gasteiger partial charge in [0.25, 0.3) is 0 Å². The normalized spacial score (nSPS) is 13.8. The number of benzene rings is 8. The Labute approximate surface area is 239 Å². The second-order valence-electron chi connectivity index (χ2n) is 12.1. The molecule has 0 spiro atoms. The number of fused-ring (bicyclic) bond motifs is 14. The third kappa shape index (κ3) is 3.00. The monoisotopic (exact) mass is 520 g/mol. The molecule has 0 saturated carbocycles. The summed E-state index contributed by atoms with van der Waals surface area (Å²) in [6, 6.07) is 49.8. The summed E-state index contributed by atoms with van der Waals surface area (Å²) < 4.78 is 0. The zero-order valence-corrected chi connectivity index (χ0v) is 23.2. The van der Waals surface area contributed by atoms with Gasteiger partial charge in [-0.2, -0.15) is 0 Å². The molecule has 0 nitrogen and oxygen atoms in total. The molecule has 1 aliphatic rings. The van der Waals surface area contributed by atoms with Crippen LogP contribution >= 0.6 is 0 Å². The van der Waals surface area contributed by atoms with Crippen molar-refractivity contribution in [2.45, 2.75) is 19.3 Å². The average molecular weight is 521 g/mol. The summed E-state index contributed by atoms with van der Waals surface area (Å²) in [6.45, 7) is 4.77. The fraction of sp³-hybridized carbons (Fsp3) is 0.0732. The Morgan fingerprint density at radius 1 is 0.366 bits per heavy atom. The van der Waals surface area contributed by atoms with Crippen LogP contribution in [-0.4, -0.2) is 0 Å². The van der Waals surface area contributed by atoms with Crippen LogP contribution in [0, 0.1) is 0 Å². The lowest BCUT2D eigenvalue weighted by Gasteiger charge is -2.24. The lowest BCUT2D eigenvalue weighted by molar-refractivity contribution is 0.666. The van der Waals surface area contributed by atoms with Gasteiger partial charge in [-0.1, -0.05) is 135 Å². The zero-order chi connectivity index (χ0) is 27.3. The van der Waals surface area contributed by atoms with Crippen LogP contribution in [0.15, 0.2) is 133 Å². The summed E-state index contributed by atoms with van der Waals surface area (Å²) in [5.74, 6) is 0. The van der Waals surface area contributed by atoms with Gasteiger partial charge in [0.15, 0.2) is 0 Å². The third-order valence-electron chi connectivity index (χ3n) is 9.60. The van der Waals surface area contributed by atoms with Crippen molar-refractivity contribution in [2.75, 3.05) is 0 Å². The minimum atomic E-state index is -0.0569. The molecular weight excluding hydrogens is 492 g/mol. The van der Waals surface area contributed by atoms with Crippen LogP contribution in [0.25, 0.3) is 76.1 Å². The highest BCUT2D eigenvalue weighted by molar-refractivity contribution is 6.26. The average Bonchev–Trinajstić information content (AvgIpc) is 3.28. The fourth-order valence-corrected chi connectivity index (χ4v) is 7.77. The van der Waals surface area contributed by atoms with E-state index in [9.17, 15) is 0 Å². The predicted molar refractivity (Wildman–Crippen MR) is 177 cm³/mol. The maximum absolute atomic E-state index is 2.43. The van der Waals surface area contributed by atoms with Crippen molar-refractivity contribution < 1.29 is 0 Å². The van der Waals surface area contributed by atoms with E-state index in [1.807, 2.05) is 0 Å². The Morgan fingerprint density at radius 2 is 0.780 bits per heavy atom. The molecule has 41 heavy (non-hydrogen) atoms. The van der Waals surface area contributed by atoms with Gasteiger partial charge in [0, 0.05) is 5.41 Å². The molecular formula is C41H28. The molecule has 0 heteroatoms. The van der Waals surface area contributed by atoms with E-state index in [2.05, 4.69) is 147 Å². The van der Waals surface area contributed by atoms with E-state index in [1.54, 1.807) is 0 Å². The molecule has 0 unspecified atom stereocenters. The van der Waals surface area contributed by atoms with Crippen LogP contribution in [0.4, 0.5) is 0 Å². The van der Waals surface area contributed by atoms with E-state index < -0.39 is 0 Å². The summed E-state index contributed by atoms with van der Waals surface area (Å²) in [5.41, 5.74) is 8.12.